The standard InChI is InChI=1S/C19H20N2O7/c1-24-16-7-12(13(9-22)17(25-2)18(16)26-3)19(23)21-20-8-11-4-5-14-15(6-11)28-10-27-14/h4-8,22H,9-10H2,1-3H3,(H,21,23)/b20-8-. The van der Waals surface area contributed by atoms with Gasteiger partial charge in [-0.15, -0.1) is 0 Å². The van der Waals surface area contributed by atoms with Gasteiger partial charge in [0.05, 0.1) is 39.7 Å². The highest BCUT2D eigenvalue weighted by Gasteiger charge is 2.23. The van der Waals surface area contributed by atoms with Gasteiger partial charge in [0.15, 0.2) is 23.0 Å². The lowest BCUT2D eigenvalue weighted by Gasteiger charge is -2.17. The number of aliphatic hydroxyl groups excluding tert-OH is 1. The number of amides is 1. The Hall–Kier alpha value is -3.46. The molecule has 0 radical (unpaired) electrons. The Bertz CT molecular complexity index is 912. The van der Waals surface area contributed by atoms with Crippen LogP contribution >= 0.6 is 0 Å². The number of ether oxygens (including phenoxy) is 5. The lowest BCUT2D eigenvalue weighted by molar-refractivity contribution is 0.0950. The molecule has 2 aromatic carbocycles. The number of aliphatic hydroxyl groups is 1. The summed E-state index contributed by atoms with van der Waals surface area (Å²) in [4.78, 5) is 12.6. The summed E-state index contributed by atoms with van der Waals surface area (Å²) in [6, 6.07) is 6.74. The van der Waals surface area contributed by atoms with Crippen molar-refractivity contribution in [3.8, 4) is 28.7 Å². The maximum Gasteiger partial charge on any atom is 0.272 e. The van der Waals surface area contributed by atoms with E-state index in [1.807, 2.05) is 0 Å². The summed E-state index contributed by atoms with van der Waals surface area (Å²) in [5.41, 5.74) is 3.56. The molecule has 3 rings (SSSR count). The molecule has 1 amide bonds. The van der Waals surface area contributed by atoms with Gasteiger partial charge in [0.1, 0.15) is 0 Å². The fraction of sp³-hybridized carbons (Fsp3) is 0.263. The van der Waals surface area contributed by atoms with Crippen molar-refractivity contribution in [1.82, 2.24) is 5.43 Å². The molecular formula is C19H20N2O7. The van der Waals surface area contributed by atoms with Gasteiger partial charge in [0.2, 0.25) is 12.5 Å². The van der Waals surface area contributed by atoms with Crippen LogP contribution < -0.4 is 29.1 Å². The van der Waals surface area contributed by atoms with Gasteiger partial charge in [-0.2, -0.15) is 5.10 Å². The minimum Gasteiger partial charge on any atom is -0.493 e. The van der Waals surface area contributed by atoms with Crippen LogP contribution in [0.2, 0.25) is 0 Å². The number of fused-ring (bicyclic) bond motifs is 1. The number of benzene rings is 2. The Labute approximate surface area is 161 Å². The van der Waals surface area contributed by atoms with Gasteiger partial charge < -0.3 is 28.8 Å². The minimum atomic E-state index is -0.541. The molecular weight excluding hydrogens is 368 g/mol. The molecule has 1 aliphatic rings. The lowest BCUT2D eigenvalue weighted by atomic mass is 10.0. The fourth-order valence-electron chi connectivity index (χ4n) is 2.79. The topological polar surface area (TPSA) is 108 Å². The molecule has 0 aliphatic carbocycles. The number of methoxy groups -OCH3 is 3. The predicted molar refractivity (Wildman–Crippen MR) is 99.6 cm³/mol. The van der Waals surface area contributed by atoms with Crippen LogP contribution in [-0.4, -0.2) is 45.4 Å². The number of carbonyl (C=O) groups excluding carboxylic acids is 1. The van der Waals surface area contributed by atoms with Crippen LogP contribution in [0.1, 0.15) is 21.5 Å². The summed E-state index contributed by atoms with van der Waals surface area (Å²) < 4.78 is 26.4. The van der Waals surface area contributed by atoms with Crippen molar-refractivity contribution in [3.05, 3.63) is 41.0 Å². The molecule has 0 unspecified atom stereocenters. The van der Waals surface area contributed by atoms with E-state index in [0.717, 1.165) is 5.56 Å². The Morgan fingerprint density at radius 3 is 2.57 bits per heavy atom. The number of nitrogens with zero attached hydrogens (tertiary/aromatic N) is 1. The summed E-state index contributed by atoms with van der Waals surface area (Å²) in [6.45, 7) is -0.254. The molecule has 0 aromatic heterocycles. The molecule has 1 heterocycles. The van der Waals surface area contributed by atoms with Crippen LogP contribution in [0.4, 0.5) is 0 Å². The lowest BCUT2D eigenvalue weighted by Crippen LogP contribution is -2.20. The maximum absolute atomic E-state index is 12.6. The second-order valence-corrected chi connectivity index (χ2v) is 5.64. The van der Waals surface area contributed by atoms with Crippen molar-refractivity contribution < 1.29 is 33.6 Å². The van der Waals surface area contributed by atoms with Gasteiger partial charge in [-0.05, 0) is 29.8 Å². The van der Waals surface area contributed by atoms with Gasteiger partial charge in [-0.1, -0.05) is 0 Å². The predicted octanol–water partition coefficient (Wildman–Crippen LogP) is 1.70. The molecule has 2 aromatic rings. The third-order valence-electron chi connectivity index (χ3n) is 4.11. The Morgan fingerprint density at radius 2 is 1.89 bits per heavy atom. The Kier molecular flexibility index (Phi) is 5.85. The first-order valence-corrected chi connectivity index (χ1v) is 8.28. The van der Waals surface area contributed by atoms with Crippen molar-refractivity contribution in [3.63, 3.8) is 0 Å². The zero-order valence-electron chi connectivity index (χ0n) is 15.6. The third-order valence-corrected chi connectivity index (χ3v) is 4.11. The zero-order chi connectivity index (χ0) is 20.1. The molecule has 148 valence electrons. The van der Waals surface area contributed by atoms with E-state index >= 15 is 0 Å². The molecule has 2 N–H and O–H groups in total. The van der Waals surface area contributed by atoms with E-state index in [4.69, 9.17) is 23.7 Å². The quantitative estimate of drug-likeness (QED) is 0.549. The van der Waals surface area contributed by atoms with Crippen molar-refractivity contribution in [2.24, 2.45) is 5.10 Å². The highest BCUT2D eigenvalue weighted by molar-refractivity contribution is 5.98. The molecule has 0 spiro atoms. The smallest absolute Gasteiger partial charge is 0.272 e. The van der Waals surface area contributed by atoms with E-state index in [-0.39, 0.29) is 29.4 Å². The number of hydrogen-bond donors (Lipinski definition) is 2. The van der Waals surface area contributed by atoms with Crippen LogP contribution in [0, 0.1) is 0 Å². The number of hydrazone groups is 1. The highest BCUT2D eigenvalue weighted by Crippen LogP contribution is 2.42. The first-order chi connectivity index (χ1) is 13.6. The zero-order valence-corrected chi connectivity index (χ0v) is 15.6. The summed E-state index contributed by atoms with van der Waals surface area (Å²) in [7, 11) is 4.29. The van der Waals surface area contributed by atoms with E-state index in [1.165, 1.54) is 33.6 Å². The molecule has 1 aliphatic heterocycles. The number of carbonyl (C=O) groups is 1. The molecule has 9 heteroatoms. The third kappa shape index (κ3) is 3.65. The van der Waals surface area contributed by atoms with Crippen LogP contribution in [-0.2, 0) is 6.61 Å². The summed E-state index contributed by atoms with van der Waals surface area (Å²) in [6.07, 6.45) is 1.47. The van der Waals surface area contributed by atoms with E-state index in [1.54, 1.807) is 18.2 Å². The van der Waals surface area contributed by atoms with Gasteiger partial charge in [0.25, 0.3) is 5.91 Å². The SMILES string of the molecule is COc1cc(C(=O)N/N=C\c2ccc3c(c2)OCO3)c(CO)c(OC)c1OC. The average molecular weight is 388 g/mol. The van der Waals surface area contributed by atoms with E-state index < -0.39 is 12.5 Å². The van der Waals surface area contributed by atoms with Gasteiger partial charge >= 0.3 is 0 Å². The molecule has 0 saturated carbocycles. The van der Waals surface area contributed by atoms with E-state index in [0.29, 0.717) is 17.2 Å². The molecule has 0 bridgehead atoms. The monoisotopic (exact) mass is 388 g/mol. The van der Waals surface area contributed by atoms with Crippen LogP contribution in [0.3, 0.4) is 0 Å². The number of hydrogen-bond acceptors (Lipinski definition) is 8. The van der Waals surface area contributed by atoms with Gasteiger partial charge in [0, 0.05) is 5.56 Å². The summed E-state index contributed by atoms with van der Waals surface area (Å²) in [5, 5.41) is 13.7. The van der Waals surface area contributed by atoms with Crippen molar-refractivity contribution in [2.75, 3.05) is 28.1 Å². The Morgan fingerprint density at radius 1 is 1.14 bits per heavy atom. The molecule has 0 fully saturated rings. The molecule has 9 nitrogen and oxygen atoms in total. The fourth-order valence-corrected chi connectivity index (χ4v) is 2.79. The second-order valence-electron chi connectivity index (χ2n) is 5.64. The van der Waals surface area contributed by atoms with Crippen molar-refractivity contribution in [2.45, 2.75) is 6.61 Å². The second kappa shape index (κ2) is 8.49. The van der Waals surface area contributed by atoms with E-state index in [9.17, 15) is 9.90 Å². The largest absolute Gasteiger partial charge is 0.493 e. The van der Waals surface area contributed by atoms with E-state index in [2.05, 4.69) is 10.5 Å². The summed E-state index contributed by atoms with van der Waals surface area (Å²) >= 11 is 0. The van der Waals surface area contributed by atoms with Gasteiger partial charge in [-0.25, -0.2) is 5.43 Å². The Balaban J connectivity index is 1.83. The van der Waals surface area contributed by atoms with Gasteiger partial charge in [-0.3, -0.25) is 4.79 Å². The average Bonchev–Trinajstić information content (AvgIpc) is 3.19. The number of rotatable bonds is 7. The van der Waals surface area contributed by atoms with Crippen LogP contribution in [0.25, 0.3) is 0 Å². The number of nitrogens with one attached hydrogen (secondary N) is 1. The molecule has 28 heavy (non-hydrogen) atoms. The van der Waals surface area contributed by atoms with Crippen molar-refractivity contribution in [1.29, 1.82) is 0 Å². The van der Waals surface area contributed by atoms with Crippen LogP contribution in [0.5, 0.6) is 28.7 Å². The summed E-state index contributed by atoms with van der Waals surface area (Å²) in [5.74, 6) is 1.53. The first-order valence-electron chi connectivity index (χ1n) is 8.28. The highest BCUT2D eigenvalue weighted by atomic mass is 16.7. The normalized spacial score (nSPS) is 12.1. The van der Waals surface area contributed by atoms with Crippen molar-refractivity contribution >= 4 is 12.1 Å². The molecule has 0 saturated heterocycles. The van der Waals surface area contributed by atoms with Crippen LogP contribution in [0.15, 0.2) is 29.4 Å². The first kappa shape index (κ1) is 19.3. The minimum absolute atomic E-state index is 0.153. The maximum atomic E-state index is 12.6. The molecule has 0 atom stereocenters.